The smallest absolute Gasteiger partial charge is 0.290 e. The first-order valence-corrected chi connectivity index (χ1v) is 13.4. The number of carbonyl (C=O) groups excluding carboxylic acids is 5. The molecule has 0 bridgehead atoms. The molecule has 10 nitrogen and oxygen atoms in total. The van der Waals surface area contributed by atoms with E-state index in [1.165, 1.54) is 0 Å². The van der Waals surface area contributed by atoms with Crippen molar-refractivity contribution in [3.05, 3.63) is 42.1 Å². The molecule has 3 atom stereocenters. The minimum absolute atomic E-state index is 0.0114. The summed E-state index contributed by atoms with van der Waals surface area (Å²) in [5.74, 6) is -3.49. The predicted octanol–water partition coefficient (Wildman–Crippen LogP) is 2.26. The highest BCUT2D eigenvalue weighted by molar-refractivity contribution is 6.38. The van der Waals surface area contributed by atoms with Crippen LogP contribution in [0.3, 0.4) is 0 Å². The van der Waals surface area contributed by atoms with Gasteiger partial charge >= 0.3 is 0 Å². The standard InChI is InChI=1S/C29H39N5O5/c1-17(2)15-23(33-26(37)21-13-12-18-9-6-7-11-20(18)31-21)27(38)32-22(16-19-10-8-14-30-25(19)36)24(35)28(39)34-29(3,4)5/h6-7,9,11-13,17,19,22-23H,8,10,14-16H2,1-5H3,(H,30,36)(H,32,38)(H,33,37)(H,34,39)/t19-,22-,23-/m0/s1. The summed E-state index contributed by atoms with van der Waals surface area (Å²) in [4.78, 5) is 69.3. The molecular formula is C29H39N5O5. The van der Waals surface area contributed by atoms with E-state index < -0.39 is 47.0 Å². The van der Waals surface area contributed by atoms with Crippen molar-refractivity contribution < 1.29 is 24.0 Å². The van der Waals surface area contributed by atoms with Crippen molar-refractivity contribution in [1.29, 1.82) is 0 Å². The van der Waals surface area contributed by atoms with Crippen LogP contribution in [0.4, 0.5) is 0 Å². The van der Waals surface area contributed by atoms with Crippen LogP contribution >= 0.6 is 0 Å². The highest BCUT2D eigenvalue weighted by Crippen LogP contribution is 2.19. The first kappa shape index (κ1) is 29.7. The van der Waals surface area contributed by atoms with Crippen LogP contribution in [0.15, 0.2) is 36.4 Å². The molecule has 0 unspecified atom stereocenters. The molecule has 0 saturated carbocycles. The summed E-state index contributed by atoms with van der Waals surface area (Å²) in [5.41, 5.74) is 0.146. The number of aromatic nitrogens is 1. The fraction of sp³-hybridized carbons (Fsp3) is 0.517. The largest absolute Gasteiger partial charge is 0.356 e. The first-order chi connectivity index (χ1) is 18.3. The number of hydrogen-bond donors (Lipinski definition) is 4. The molecule has 1 aliphatic heterocycles. The monoisotopic (exact) mass is 537 g/mol. The van der Waals surface area contributed by atoms with Crippen molar-refractivity contribution in [3.8, 4) is 0 Å². The number of para-hydroxylation sites is 1. The number of amides is 4. The van der Waals surface area contributed by atoms with Crippen molar-refractivity contribution in [2.75, 3.05) is 6.54 Å². The van der Waals surface area contributed by atoms with E-state index in [1.807, 2.05) is 32.0 Å². The summed E-state index contributed by atoms with van der Waals surface area (Å²) < 4.78 is 0. The summed E-state index contributed by atoms with van der Waals surface area (Å²) in [6, 6.07) is 8.56. The van der Waals surface area contributed by atoms with E-state index in [1.54, 1.807) is 39.0 Å². The maximum atomic E-state index is 13.5. The van der Waals surface area contributed by atoms with Crippen LogP contribution < -0.4 is 21.3 Å². The van der Waals surface area contributed by atoms with Gasteiger partial charge in [0.2, 0.25) is 17.6 Å². The van der Waals surface area contributed by atoms with Crippen molar-refractivity contribution in [2.24, 2.45) is 11.8 Å². The summed E-state index contributed by atoms with van der Waals surface area (Å²) in [6.07, 6.45) is 1.57. The molecule has 4 N–H and O–H groups in total. The highest BCUT2D eigenvalue weighted by Gasteiger charge is 2.36. The van der Waals surface area contributed by atoms with Gasteiger partial charge in [-0.15, -0.1) is 0 Å². The van der Waals surface area contributed by atoms with Crippen molar-refractivity contribution in [1.82, 2.24) is 26.3 Å². The number of rotatable bonds is 10. The molecule has 1 aliphatic rings. The SMILES string of the molecule is CC(C)C[C@H](NC(=O)c1ccc2ccccc2n1)C(=O)N[C@@H](C[C@@H]1CCCNC1=O)C(=O)C(=O)NC(C)(C)C. The van der Waals surface area contributed by atoms with E-state index in [0.29, 0.717) is 24.9 Å². The Morgan fingerprint density at radius 3 is 2.41 bits per heavy atom. The zero-order chi connectivity index (χ0) is 28.7. The zero-order valence-corrected chi connectivity index (χ0v) is 23.3. The molecule has 2 heterocycles. The third kappa shape index (κ3) is 8.59. The minimum atomic E-state index is -1.22. The Bertz CT molecular complexity index is 1240. The fourth-order valence-corrected chi connectivity index (χ4v) is 4.54. The number of piperidine rings is 1. The quantitative estimate of drug-likeness (QED) is 0.342. The number of carbonyl (C=O) groups is 5. The van der Waals surface area contributed by atoms with E-state index in [9.17, 15) is 24.0 Å². The maximum Gasteiger partial charge on any atom is 0.290 e. The maximum absolute atomic E-state index is 13.5. The molecule has 1 fully saturated rings. The third-order valence-corrected chi connectivity index (χ3v) is 6.42. The zero-order valence-electron chi connectivity index (χ0n) is 23.3. The second kappa shape index (κ2) is 12.8. The van der Waals surface area contributed by atoms with Crippen LogP contribution in [0.1, 0.15) is 70.8 Å². The van der Waals surface area contributed by atoms with Gasteiger partial charge in [0.05, 0.1) is 11.6 Å². The topological polar surface area (TPSA) is 146 Å². The number of hydrogen-bond acceptors (Lipinski definition) is 6. The Balaban J connectivity index is 1.80. The second-order valence-electron chi connectivity index (χ2n) is 11.5. The third-order valence-electron chi connectivity index (χ3n) is 6.42. The Morgan fingerprint density at radius 1 is 1.03 bits per heavy atom. The first-order valence-electron chi connectivity index (χ1n) is 13.4. The lowest BCUT2D eigenvalue weighted by Gasteiger charge is -2.28. The molecule has 4 amide bonds. The Morgan fingerprint density at radius 2 is 1.74 bits per heavy atom. The normalized spacial score (nSPS) is 17.2. The molecule has 210 valence electrons. The van der Waals surface area contributed by atoms with E-state index in [4.69, 9.17) is 0 Å². The average Bonchev–Trinajstić information content (AvgIpc) is 2.87. The Hall–Kier alpha value is -3.82. The number of ketones is 1. The van der Waals surface area contributed by atoms with E-state index in [0.717, 1.165) is 11.8 Å². The van der Waals surface area contributed by atoms with Gasteiger partial charge in [-0.2, -0.15) is 0 Å². The molecule has 3 rings (SSSR count). The molecule has 0 radical (unpaired) electrons. The van der Waals surface area contributed by atoms with Crippen LogP contribution in [0, 0.1) is 11.8 Å². The van der Waals surface area contributed by atoms with Gasteiger partial charge in [-0.05, 0) is 64.5 Å². The summed E-state index contributed by atoms with van der Waals surface area (Å²) in [7, 11) is 0. The lowest BCUT2D eigenvalue weighted by Crippen LogP contribution is -2.56. The number of benzene rings is 1. The molecule has 2 aromatic rings. The van der Waals surface area contributed by atoms with Crippen LogP contribution in [0.25, 0.3) is 10.9 Å². The Kier molecular flexibility index (Phi) is 9.77. The van der Waals surface area contributed by atoms with Crippen LogP contribution in [-0.2, 0) is 19.2 Å². The number of Topliss-reactive ketones (excluding diaryl/α,β-unsaturated/α-hetero) is 1. The molecule has 10 heteroatoms. The van der Waals surface area contributed by atoms with Gasteiger partial charge in [0.15, 0.2) is 0 Å². The number of fused-ring (bicyclic) bond motifs is 1. The molecule has 0 spiro atoms. The van der Waals surface area contributed by atoms with E-state index in [2.05, 4.69) is 26.3 Å². The number of nitrogens with zero attached hydrogens (tertiary/aromatic N) is 1. The number of pyridine rings is 1. The van der Waals surface area contributed by atoms with E-state index >= 15 is 0 Å². The van der Waals surface area contributed by atoms with Crippen molar-refractivity contribution in [3.63, 3.8) is 0 Å². The lowest BCUT2D eigenvalue weighted by atomic mass is 9.89. The second-order valence-corrected chi connectivity index (χ2v) is 11.5. The van der Waals surface area contributed by atoms with Crippen LogP contribution in [0.2, 0.25) is 0 Å². The molecule has 1 aromatic carbocycles. The molecular weight excluding hydrogens is 498 g/mol. The van der Waals surface area contributed by atoms with Gasteiger partial charge in [-0.1, -0.05) is 38.1 Å². The molecule has 1 saturated heterocycles. The van der Waals surface area contributed by atoms with Gasteiger partial charge in [-0.25, -0.2) is 4.98 Å². The fourth-order valence-electron chi connectivity index (χ4n) is 4.54. The number of nitrogens with one attached hydrogen (secondary N) is 4. The molecule has 0 aliphatic carbocycles. The van der Waals surface area contributed by atoms with Crippen LogP contribution in [0.5, 0.6) is 0 Å². The predicted molar refractivity (Wildman–Crippen MR) is 148 cm³/mol. The van der Waals surface area contributed by atoms with Gasteiger partial charge in [0.1, 0.15) is 11.7 Å². The summed E-state index contributed by atoms with van der Waals surface area (Å²) in [6.45, 7) is 9.61. The van der Waals surface area contributed by atoms with Gasteiger partial charge in [0.25, 0.3) is 11.8 Å². The Labute approximate surface area is 229 Å². The average molecular weight is 538 g/mol. The van der Waals surface area contributed by atoms with Gasteiger partial charge in [0, 0.05) is 23.4 Å². The highest BCUT2D eigenvalue weighted by atomic mass is 16.2. The summed E-state index contributed by atoms with van der Waals surface area (Å²) >= 11 is 0. The van der Waals surface area contributed by atoms with Gasteiger partial charge in [-0.3, -0.25) is 24.0 Å². The molecule has 39 heavy (non-hydrogen) atoms. The lowest BCUT2D eigenvalue weighted by molar-refractivity contribution is -0.142. The molecule has 1 aromatic heterocycles. The van der Waals surface area contributed by atoms with Crippen molar-refractivity contribution in [2.45, 2.75) is 77.9 Å². The summed E-state index contributed by atoms with van der Waals surface area (Å²) in [5, 5.41) is 11.7. The van der Waals surface area contributed by atoms with Gasteiger partial charge < -0.3 is 21.3 Å². The van der Waals surface area contributed by atoms with E-state index in [-0.39, 0.29) is 23.9 Å². The van der Waals surface area contributed by atoms with Crippen molar-refractivity contribution >= 4 is 40.3 Å². The van der Waals surface area contributed by atoms with Crippen LogP contribution in [-0.4, -0.2) is 58.6 Å². The minimum Gasteiger partial charge on any atom is -0.356 e.